The van der Waals surface area contributed by atoms with Crippen molar-refractivity contribution in [3.8, 4) is 11.5 Å². The summed E-state index contributed by atoms with van der Waals surface area (Å²) in [5, 5.41) is -1.39. The first-order valence-electron chi connectivity index (χ1n) is 3.99. The average molecular weight is 310 g/mol. The van der Waals surface area contributed by atoms with Crippen LogP contribution >= 0.6 is 10.7 Å². The summed E-state index contributed by atoms with van der Waals surface area (Å²) in [5.74, 6) is -4.07. The lowest BCUT2D eigenvalue weighted by molar-refractivity contribution is -0.276. The molecule has 1 heterocycles. The average Bonchev–Trinajstić information content (AvgIpc) is 2.17. The van der Waals surface area contributed by atoms with E-state index < -0.39 is 37.8 Å². The number of nitrogens with zero attached hydrogens (tertiary/aromatic N) is 1. The summed E-state index contributed by atoms with van der Waals surface area (Å²) < 4.78 is 79.0. The van der Waals surface area contributed by atoms with E-state index in [1.165, 1.54) is 0 Å². The SMILES string of the molecule is COc1cnc(S(=O)(=O)Cl)c(OC(F)(F)F)c1F. The summed E-state index contributed by atoms with van der Waals surface area (Å²) in [6.07, 6.45) is -4.75. The number of pyridine rings is 1. The minimum absolute atomic E-state index is 0.563. The Labute approximate surface area is 103 Å². The van der Waals surface area contributed by atoms with Crippen LogP contribution < -0.4 is 9.47 Å². The van der Waals surface area contributed by atoms with E-state index in [0.29, 0.717) is 6.20 Å². The van der Waals surface area contributed by atoms with Gasteiger partial charge in [0.2, 0.25) is 16.6 Å². The van der Waals surface area contributed by atoms with Crippen LogP contribution in [0.1, 0.15) is 0 Å². The Morgan fingerprint density at radius 2 is 1.94 bits per heavy atom. The van der Waals surface area contributed by atoms with Crippen LogP contribution in [-0.2, 0) is 9.05 Å². The number of ether oxygens (including phenoxy) is 2. The van der Waals surface area contributed by atoms with Gasteiger partial charge in [0.25, 0.3) is 9.05 Å². The van der Waals surface area contributed by atoms with E-state index in [2.05, 4.69) is 14.5 Å². The molecule has 1 rings (SSSR count). The molecule has 0 aliphatic carbocycles. The molecule has 0 fully saturated rings. The van der Waals surface area contributed by atoms with Crippen LogP contribution in [0.15, 0.2) is 11.2 Å². The molecular formula is C7H4ClF4NO4S. The van der Waals surface area contributed by atoms with Crippen LogP contribution in [0.4, 0.5) is 17.6 Å². The highest BCUT2D eigenvalue weighted by molar-refractivity contribution is 8.13. The van der Waals surface area contributed by atoms with E-state index >= 15 is 0 Å². The predicted octanol–water partition coefficient (Wildman–Crippen LogP) is 2.06. The second-order valence-corrected chi connectivity index (χ2v) is 5.24. The number of methoxy groups -OCH3 is 1. The fourth-order valence-corrected chi connectivity index (χ4v) is 1.82. The molecule has 1 aromatic rings. The summed E-state index contributed by atoms with van der Waals surface area (Å²) in [6, 6.07) is 0. The molecule has 102 valence electrons. The number of rotatable bonds is 3. The third kappa shape index (κ3) is 3.35. The maximum Gasteiger partial charge on any atom is 0.573 e. The highest BCUT2D eigenvalue weighted by Crippen LogP contribution is 2.36. The molecule has 0 unspecified atom stereocenters. The molecule has 0 aromatic carbocycles. The van der Waals surface area contributed by atoms with E-state index in [1.807, 2.05) is 0 Å². The Morgan fingerprint density at radius 3 is 2.33 bits per heavy atom. The molecule has 5 nitrogen and oxygen atoms in total. The first-order chi connectivity index (χ1) is 8.06. The van der Waals surface area contributed by atoms with Crippen molar-refractivity contribution in [1.82, 2.24) is 4.98 Å². The van der Waals surface area contributed by atoms with Crippen LogP contribution in [0.5, 0.6) is 11.5 Å². The van der Waals surface area contributed by atoms with Gasteiger partial charge < -0.3 is 9.47 Å². The zero-order chi connectivity index (χ0) is 14.1. The van der Waals surface area contributed by atoms with E-state index in [-0.39, 0.29) is 0 Å². The monoisotopic (exact) mass is 309 g/mol. The van der Waals surface area contributed by atoms with Gasteiger partial charge in [-0.2, -0.15) is 4.39 Å². The first kappa shape index (κ1) is 14.8. The zero-order valence-corrected chi connectivity index (χ0v) is 10.0. The molecule has 0 saturated carbocycles. The van der Waals surface area contributed by atoms with Crippen molar-refractivity contribution in [2.45, 2.75) is 11.4 Å². The van der Waals surface area contributed by atoms with Gasteiger partial charge in [0, 0.05) is 10.7 Å². The third-order valence-corrected chi connectivity index (χ3v) is 2.77. The van der Waals surface area contributed by atoms with Gasteiger partial charge in [0.1, 0.15) is 0 Å². The quantitative estimate of drug-likeness (QED) is 0.631. The predicted molar refractivity (Wildman–Crippen MR) is 50.5 cm³/mol. The Bertz CT molecular complexity index is 559. The summed E-state index contributed by atoms with van der Waals surface area (Å²) in [5.41, 5.74) is 0. The molecule has 0 aliphatic heterocycles. The lowest BCUT2D eigenvalue weighted by Gasteiger charge is -2.13. The minimum atomic E-state index is -5.31. The molecule has 0 aliphatic rings. The Kier molecular flexibility index (Phi) is 3.91. The first-order valence-corrected chi connectivity index (χ1v) is 6.30. The van der Waals surface area contributed by atoms with Gasteiger partial charge in [-0.25, -0.2) is 13.4 Å². The lowest BCUT2D eigenvalue weighted by atomic mass is 10.4. The van der Waals surface area contributed by atoms with Crippen molar-refractivity contribution in [1.29, 1.82) is 0 Å². The normalized spacial score (nSPS) is 12.3. The van der Waals surface area contributed by atoms with Crippen molar-refractivity contribution in [2.24, 2.45) is 0 Å². The Balaban J connectivity index is 3.51. The maximum absolute atomic E-state index is 13.5. The minimum Gasteiger partial charge on any atom is -0.492 e. The number of hydrogen-bond donors (Lipinski definition) is 0. The Hall–Kier alpha value is -1.29. The lowest BCUT2D eigenvalue weighted by Crippen LogP contribution is -2.20. The standard InChI is InChI=1S/C7H4ClF4NO4S/c1-16-3-2-13-6(18(8,14)15)5(4(3)9)17-7(10,11)12/h2H,1H3. The largest absolute Gasteiger partial charge is 0.573 e. The fourth-order valence-electron chi connectivity index (χ4n) is 0.959. The highest BCUT2D eigenvalue weighted by Gasteiger charge is 2.37. The molecule has 18 heavy (non-hydrogen) atoms. The smallest absolute Gasteiger partial charge is 0.492 e. The third-order valence-electron chi connectivity index (χ3n) is 1.58. The van der Waals surface area contributed by atoms with Crippen LogP contribution in [0.2, 0.25) is 0 Å². The van der Waals surface area contributed by atoms with Crippen LogP contribution in [0.25, 0.3) is 0 Å². The fraction of sp³-hybridized carbons (Fsp3) is 0.286. The van der Waals surface area contributed by atoms with E-state index in [1.54, 1.807) is 0 Å². The van der Waals surface area contributed by atoms with Gasteiger partial charge in [-0.15, -0.1) is 13.2 Å². The van der Waals surface area contributed by atoms with Gasteiger partial charge in [-0.05, 0) is 0 Å². The molecule has 0 spiro atoms. The van der Waals surface area contributed by atoms with Gasteiger partial charge in [0.05, 0.1) is 13.3 Å². The van der Waals surface area contributed by atoms with Gasteiger partial charge >= 0.3 is 6.36 Å². The zero-order valence-electron chi connectivity index (χ0n) is 8.46. The van der Waals surface area contributed by atoms with Gasteiger partial charge in [-0.3, -0.25) is 0 Å². The number of hydrogen-bond acceptors (Lipinski definition) is 5. The molecule has 0 radical (unpaired) electrons. The van der Waals surface area contributed by atoms with Crippen LogP contribution in [0.3, 0.4) is 0 Å². The van der Waals surface area contributed by atoms with Crippen molar-refractivity contribution < 1.29 is 35.5 Å². The van der Waals surface area contributed by atoms with Crippen molar-refractivity contribution in [2.75, 3.05) is 7.11 Å². The second-order valence-electron chi connectivity index (χ2n) is 2.76. The van der Waals surface area contributed by atoms with E-state index in [4.69, 9.17) is 10.7 Å². The maximum atomic E-state index is 13.5. The van der Waals surface area contributed by atoms with Crippen LogP contribution in [0, 0.1) is 5.82 Å². The molecular weight excluding hydrogens is 306 g/mol. The molecule has 0 N–H and O–H groups in total. The number of aromatic nitrogens is 1. The second kappa shape index (κ2) is 4.76. The van der Waals surface area contributed by atoms with Crippen LogP contribution in [-0.4, -0.2) is 26.9 Å². The molecule has 1 aromatic heterocycles. The van der Waals surface area contributed by atoms with Gasteiger partial charge in [-0.1, -0.05) is 0 Å². The summed E-state index contributed by atoms with van der Waals surface area (Å²) in [4.78, 5) is 3.06. The summed E-state index contributed by atoms with van der Waals surface area (Å²) in [7, 11) is 1.05. The van der Waals surface area contributed by atoms with Crippen molar-refractivity contribution in [3.63, 3.8) is 0 Å². The van der Waals surface area contributed by atoms with E-state index in [0.717, 1.165) is 7.11 Å². The molecule has 0 amide bonds. The van der Waals surface area contributed by atoms with Crippen molar-refractivity contribution >= 4 is 19.7 Å². The number of halogens is 5. The Morgan fingerprint density at radius 1 is 1.39 bits per heavy atom. The highest BCUT2D eigenvalue weighted by atomic mass is 35.7. The summed E-state index contributed by atoms with van der Waals surface area (Å²) >= 11 is 0. The molecule has 0 bridgehead atoms. The summed E-state index contributed by atoms with van der Waals surface area (Å²) in [6.45, 7) is 0. The van der Waals surface area contributed by atoms with Crippen molar-refractivity contribution in [3.05, 3.63) is 12.0 Å². The molecule has 11 heteroatoms. The molecule has 0 atom stereocenters. The molecule has 0 saturated heterocycles. The topological polar surface area (TPSA) is 65.5 Å². The number of alkyl halides is 3. The van der Waals surface area contributed by atoms with Gasteiger partial charge in [0.15, 0.2) is 5.75 Å². The van der Waals surface area contributed by atoms with E-state index in [9.17, 15) is 26.0 Å².